The normalized spacial score (nSPS) is 30.1. The number of carboxylic acid groups (broad SMARTS) is 1. The smallest absolute Gasteiger partial charge is 0.337 e. The van der Waals surface area contributed by atoms with Crippen molar-refractivity contribution in [3.8, 4) is 0 Å². The molecule has 1 N–H and O–H groups in total. The highest BCUT2D eigenvalue weighted by atomic mass is 16.7. The number of hydrogen-bond donors (Lipinski definition) is 1. The lowest BCUT2D eigenvalue weighted by Crippen LogP contribution is -2.23. The van der Waals surface area contributed by atoms with Crippen molar-refractivity contribution in [1.29, 1.82) is 0 Å². The largest absolute Gasteiger partial charge is 0.478 e. The molecule has 17 heavy (non-hydrogen) atoms. The van der Waals surface area contributed by atoms with Crippen LogP contribution >= 0.6 is 0 Å². The van der Waals surface area contributed by atoms with Crippen LogP contribution in [0.2, 0.25) is 0 Å². The fraction of sp³-hybridized carbons (Fsp3) is 0.455. The summed E-state index contributed by atoms with van der Waals surface area (Å²) in [6.07, 6.45) is -1.08. The molecule has 2 aliphatic heterocycles. The topological polar surface area (TPSA) is 77.8 Å². The second-order valence-corrected chi connectivity index (χ2v) is 4.19. The Labute approximate surface area is 96.4 Å². The van der Waals surface area contributed by atoms with E-state index in [0.29, 0.717) is 12.2 Å². The molecule has 0 amide bonds. The van der Waals surface area contributed by atoms with Crippen molar-refractivity contribution in [2.75, 3.05) is 0 Å². The molecule has 3 rings (SSSR count). The highest BCUT2D eigenvalue weighted by Crippen LogP contribution is 2.39. The summed E-state index contributed by atoms with van der Waals surface area (Å²) in [6.45, 7) is 2.11. The van der Waals surface area contributed by atoms with Gasteiger partial charge in [0.2, 0.25) is 0 Å². The van der Waals surface area contributed by atoms with Crippen LogP contribution in [0.25, 0.3) is 0 Å². The van der Waals surface area contributed by atoms with Gasteiger partial charge in [-0.25, -0.2) is 4.79 Å². The van der Waals surface area contributed by atoms with E-state index in [9.17, 15) is 9.59 Å². The fourth-order valence-electron chi connectivity index (χ4n) is 2.47. The maximum atomic E-state index is 11.7. The second-order valence-electron chi connectivity index (χ2n) is 4.19. The molecule has 2 aliphatic rings. The van der Waals surface area contributed by atoms with Gasteiger partial charge in [0.1, 0.15) is 12.2 Å². The highest BCUT2D eigenvalue weighted by Gasteiger charge is 2.44. The minimum absolute atomic E-state index is 0.106. The molecule has 1 fully saturated rings. The molecule has 0 radical (unpaired) electrons. The van der Waals surface area contributed by atoms with E-state index >= 15 is 0 Å². The van der Waals surface area contributed by atoms with Crippen LogP contribution < -0.4 is 5.56 Å². The number of ether oxygens (including phenoxy) is 2. The van der Waals surface area contributed by atoms with Gasteiger partial charge < -0.3 is 19.1 Å². The van der Waals surface area contributed by atoms with Gasteiger partial charge in [-0.15, -0.1) is 0 Å². The number of nitrogens with zero attached hydrogens (tertiary/aromatic N) is 1. The maximum absolute atomic E-state index is 11.7. The molecular formula is C11H11NO5. The first-order valence-corrected chi connectivity index (χ1v) is 5.36. The lowest BCUT2D eigenvalue weighted by atomic mass is 10.1. The molecule has 3 heterocycles. The number of carboxylic acids is 1. The Hall–Kier alpha value is -1.66. The average Bonchev–Trinajstić information content (AvgIpc) is 2.75. The van der Waals surface area contributed by atoms with Crippen LogP contribution in [-0.2, 0) is 16.0 Å². The Morgan fingerprint density at radius 2 is 2.24 bits per heavy atom. The first-order chi connectivity index (χ1) is 8.08. The Morgan fingerprint density at radius 1 is 1.47 bits per heavy atom. The van der Waals surface area contributed by atoms with Crippen LogP contribution in [0.5, 0.6) is 0 Å². The highest BCUT2D eigenvalue weighted by molar-refractivity contribution is 5.89. The molecule has 0 aromatic carbocycles. The van der Waals surface area contributed by atoms with Gasteiger partial charge in [0.15, 0.2) is 6.29 Å². The molecule has 1 saturated heterocycles. The SMILES string of the molecule is CC1OC2Cn3c(c(C(=O)O)ccc3=O)C2O1. The molecule has 6 nitrogen and oxygen atoms in total. The molecule has 0 aliphatic carbocycles. The van der Waals surface area contributed by atoms with E-state index < -0.39 is 12.1 Å². The Bertz CT molecular complexity index is 549. The van der Waals surface area contributed by atoms with E-state index in [1.807, 2.05) is 0 Å². The third-order valence-electron chi connectivity index (χ3n) is 3.13. The predicted molar refractivity (Wildman–Crippen MR) is 55.8 cm³/mol. The molecule has 0 saturated carbocycles. The third-order valence-corrected chi connectivity index (χ3v) is 3.13. The summed E-state index contributed by atoms with van der Waals surface area (Å²) in [5, 5.41) is 9.11. The minimum Gasteiger partial charge on any atom is -0.478 e. The number of hydrogen-bond acceptors (Lipinski definition) is 4. The minimum atomic E-state index is -1.06. The summed E-state index contributed by atoms with van der Waals surface area (Å²) in [7, 11) is 0. The van der Waals surface area contributed by atoms with Crippen molar-refractivity contribution >= 4 is 5.97 Å². The monoisotopic (exact) mass is 237 g/mol. The summed E-state index contributed by atoms with van der Waals surface area (Å²) in [5.41, 5.74) is 0.299. The number of carbonyl (C=O) groups is 1. The number of fused-ring (bicyclic) bond motifs is 3. The summed E-state index contributed by atoms with van der Waals surface area (Å²) < 4.78 is 12.4. The molecule has 3 unspecified atom stereocenters. The first-order valence-electron chi connectivity index (χ1n) is 5.36. The van der Waals surface area contributed by atoms with Crippen LogP contribution in [0.3, 0.4) is 0 Å². The van der Waals surface area contributed by atoms with Crippen molar-refractivity contribution in [2.24, 2.45) is 0 Å². The Kier molecular flexibility index (Phi) is 2.11. The van der Waals surface area contributed by atoms with Gasteiger partial charge in [-0.05, 0) is 13.0 Å². The van der Waals surface area contributed by atoms with Crippen molar-refractivity contribution in [3.05, 3.63) is 33.7 Å². The lowest BCUT2D eigenvalue weighted by molar-refractivity contribution is -0.0576. The summed E-state index contributed by atoms with van der Waals surface area (Å²) in [5.74, 6) is -1.06. The van der Waals surface area contributed by atoms with Crippen molar-refractivity contribution < 1.29 is 19.4 Å². The first kappa shape index (κ1) is 10.5. The molecule has 0 spiro atoms. The van der Waals surface area contributed by atoms with Crippen LogP contribution in [0.15, 0.2) is 16.9 Å². The van der Waals surface area contributed by atoms with Crippen LogP contribution in [0, 0.1) is 0 Å². The quantitative estimate of drug-likeness (QED) is 0.763. The van der Waals surface area contributed by atoms with E-state index in [-0.39, 0.29) is 23.5 Å². The second kappa shape index (κ2) is 3.41. The molecule has 0 bridgehead atoms. The molecular weight excluding hydrogens is 226 g/mol. The Morgan fingerprint density at radius 3 is 2.94 bits per heavy atom. The zero-order valence-corrected chi connectivity index (χ0v) is 9.12. The van der Waals surface area contributed by atoms with Crippen LogP contribution in [-0.4, -0.2) is 28.0 Å². The molecule has 6 heteroatoms. The average molecular weight is 237 g/mol. The van der Waals surface area contributed by atoms with Gasteiger partial charge in [0.05, 0.1) is 17.8 Å². The van der Waals surface area contributed by atoms with Crippen molar-refractivity contribution in [2.45, 2.75) is 32.0 Å². The van der Waals surface area contributed by atoms with Crippen LogP contribution in [0.4, 0.5) is 0 Å². The van der Waals surface area contributed by atoms with E-state index in [1.165, 1.54) is 16.7 Å². The number of aromatic nitrogens is 1. The third kappa shape index (κ3) is 1.41. The number of pyridine rings is 1. The van der Waals surface area contributed by atoms with Gasteiger partial charge in [-0.2, -0.15) is 0 Å². The van der Waals surface area contributed by atoms with Gasteiger partial charge in [-0.1, -0.05) is 0 Å². The van der Waals surface area contributed by atoms with E-state index in [2.05, 4.69) is 0 Å². The summed E-state index contributed by atoms with van der Waals surface area (Å²) in [4.78, 5) is 22.8. The predicted octanol–water partition coefficient (Wildman–Crippen LogP) is 0.363. The Balaban J connectivity index is 2.18. The number of rotatable bonds is 1. The summed E-state index contributed by atoms with van der Waals surface area (Å²) in [6, 6.07) is 2.59. The standard InChI is InChI=1S/C11H11NO5/c1-5-16-7-4-12-8(13)3-2-6(11(14)15)9(12)10(7)17-5/h2-3,5,7,10H,4H2,1H3,(H,14,15). The van der Waals surface area contributed by atoms with Gasteiger partial charge in [-0.3, -0.25) is 4.79 Å². The van der Waals surface area contributed by atoms with Gasteiger partial charge >= 0.3 is 5.97 Å². The maximum Gasteiger partial charge on any atom is 0.337 e. The van der Waals surface area contributed by atoms with E-state index in [1.54, 1.807) is 6.92 Å². The fourth-order valence-corrected chi connectivity index (χ4v) is 2.47. The lowest BCUT2D eigenvalue weighted by Gasteiger charge is -2.11. The van der Waals surface area contributed by atoms with Crippen molar-refractivity contribution in [1.82, 2.24) is 4.57 Å². The van der Waals surface area contributed by atoms with Crippen molar-refractivity contribution in [3.63, 3.8) is 0 Å². The summed E-state index contributed by atoms with van der Waals surface area (Å²) >= 11 is 0. The zero-order chi connectivity index (χ0) is 12.2. The molecule has 3 atom stereocenters. The van der Waals surface area contributed by atoms with Gasteiger partial charge in [0.25, 0.3) is 5.56 Å². The van der Waals surface area contributed by atoms with E-state index in [0.717, 1.165) is 0 Å². The molecule has 1 aromatic rings. The number of aromatic carboxylic acids is 1. The zero-order valence-electron chi connectivity index (χ0n) is 9.12. The molecule has 1 aromatic heterocycles. The van der Waals surface area contributed by atoms with Crippen LogP contribution in [0.1, 0.15) is 29.1 Å². The van der Waals surface area contributed by atoms with Gasteiger partial charge in [0, 0.05) is 6.07 Å². The van der Waals surface area contributed by atoms with E-state index in [4.69, 9.17) is 14.6 Å². The molecule has 90 valence electrons.